The summed E-state index contributed by atoms with van der Waals surface area (Å²) in [6.45, 7) is 0. The van der Waals surface area contributed by atoms with Crippen molar-refractivity contribution in [1.29, 1.82) is 0 Å². The number of H-pyrrole nitrogens is 2. The Kier molecular flexibility index (Phi) is 6.17. The molecule has 3 N–H and O–H groups in total. The number of pyridine rings is 1. The highest BCUT2D eigenvalue weighted by atomic mass is 16.2. The minimum absolute atomic E-state index is 0.115. The molecule has 0 aliphatic heterocycles. The van der Waals surface area contributed by atoms with Crippen molar-refractivity contribution in [3.05, 3.63) is 71.6 Å². The molecule has 4 aromatic rings. The van der Waals surface area contributed by atoms with Crippen LogP contribution in [-0.4, -0.2) is 36.6 Å². The van der Waals surface area contributed by atoms with Crippen LogP contribution in [0.25, 0.3) is 11.0 Å². The van der Waals surface area contributed by atoms with Crippen molar-refractivity contribution in [2.45, 2.75) is 38.5 Å². The number of rotatable bonds is 6. The van der Waals surface area contributed by atoms with E-state index in [1.165, 1.54) is 25.7 Å². The topological polar surface area (TPSA) is 116 Å². The number of nitrogens with one attached hydrogen (secondary N) is 3. The lowest BCUT2D eigenvalue weighted by Crippen LogP contribution is -2.15. The van der Waals surface area contributed by atoms with Gasteiger partial charge in [0.2, 0.25) is 5.95 Å². The van der Waals surface area contributed by atoms with Crippen LogP contribution >= 0.6 is 0 Å². The SMILES string of the molecule is O=C(Nc1nc2c(C(=O)Cc3ncc[nH]3)cccc2[nH]1)c1cccc(C#CCC2CCCC2)n1. The summed E-state index contributed by atoms with van der Waals surface area (Å²) in [6, 6.07) is 10.5. The molecule has 3 heterocycles. The van der Waals surface area contributed by atoms with Gasteiger partial charge in [0.05, 0.1) is 11.9 Å². The summed E-state index contributed by atoms with van der Waals surface area (Å²) in [5, 5.41) is 2.74. The molecule has 0 unspecified atom stereocenters. The third-order valence-corrected chi connectivity index (χ3v) is 5.99. The first-order valence-corrected chi connectivity index (χ1v) is 11.4. The van der Waals surface area contributed by atoms with Gasteiger partial charge in [0.1, 0.15) is 22.7 Å². The lowest BCUT2D eigenvalue weighted by molar-refractivity contribution is 0.0990. The van der Waals surface area contributed by atoms with Crippen LogP contribution in [0.3, 0.4) is 0 Å². The molecule has 34 heavy (non-hydrogen) atoms. The summed E-state index contributed by atoms with van der Waals surface area (Å²) >= 11 is 0. The molecule has 0 bridgehead atoms. The first-order chi connectivity index (χ1) is 16.7. The minimum Gasteiger partial charge on any atom is -0.348 e. The molecule has 1 amide bonds. The first-order valence-electron chi connectivity index (χ1n) is 11.4. The number of aromatic amines is 2. The lowest BCUT2D eigenvalue weighted by atomic mass is 10.0. The highest BCUT2D eigenvalue weighted by Crippen LogP contribution is 2.27. The van der Waals surface area contributed by atoms with Gasteiger partial charge in [0, 0.05) is 24.4 Å². The van der Waals surface area contributed by atoms with Crippen molar-refractivity contribution in [1.82, 2.24) is 24.9 Å². The Morgan fingerprint density at radius 2 is 1.94 bits per heavy atom. The highest BCUT2D eigenvalue weighted by Gasteiger charge is 2.17. The van der Waals surface area contributed by atoms with Crippen molar-refractivity contribution in [2.24, 2.45) is 5.92 Å². The number of aromatic nitrogens is 5. The standard InChI is InChI=1S/C26H24N6O2/c33-22(16-23-27-14-15-28-23)19-11-5-12-20-24(19)31-26(30-20)32-25(34)21-13-4-10-18(29-21)9-3-8-17-6-1-2-7-17/h4-5,10-15,17H,1-2,6-8,16H2,(H,27,28)(H2,30,31,32,34). The Balaban J connectivity index is 1.30. The Morgan fingerprint density at radius 3 is 2.76 bits per heavy atom. The zero-order chi connectivity index (χ0) is 23.3. The zero-order valence-corrected chi connectivity index (χ0v) is 18.6. The van der Waals surface area contributed by atoms with Gasteiger partial charge < -0.3 is 9.97 Å². The number of carbonyl (C=O) groups excluding carboxylic acids is 2. The Hall–Kier alpha value is -4.25. The molecule has 0 radical (unpaired) electrons. The van der Waals surface area contributed by atoms with Crippen LogP contribution in [0.1, 0.15) is 64.5 Å². The van der Waals surface area contributed by atoms with E-state index in [1.54, 1.807) is 48.8 Å². The van der Waals surface area contributed by atoms with E-state index in [0.717, 1.165) is 6.42 Å². The summed E-state index contributed by atoms with van der Waals surface area (Å²) in [5.74, 6) is 7.29. The fourth-order valence-corrected chi connectivity index (χ4v) is 4.26. The maximum atomic E-state index is 12.8. The molecule has 170 valence electrons. The second-order valence-corrected chi connectivity index (χ2v) is 8.44. The molecule has 1 aliphatic carbocycles. The van der Waals surface area contributed by atoms with E-state index in [2.05, 4.69) is 42.1 Å². The van der Waals surface area contributed by atoms with Gasteiger partial charge >= 0.3 is 0 Å². The van der Waals surface area contributed by atoms with Crippen molar-refractivity contribution >= 4 is 28.7 Å². The van der Waals surface area contributed by atoms with Crippen molar-refractivity contribution < 1.29 is 9.59 Å². The van der Waals surface area contributed by atoms with Gasteiger partial charge in [-0.1, -0.05) is 30.9 Å². The second-order valence-electron chi connectivity index (χ2n) is 8.44. The monoisotopic (exact) mass is 452 g/mol. The van der Waals surface area contributed by atoms with Crippen molar-refractivity contribution in [3.63, 3.8) is 0 Å². The number of fused-ring (bicyclic) bond motifs is 1. The maximum absolute atomic E-state index is 12.8. The van der Waals surface area contributed by atoms with Gasteiger partial charge in [0.25, 0.3) is 5.91 Å². The summed E-state index contributed by atoms with van der Waals surface area (Å²) in [4.78, 5) is 44.5. The predicted octanol–water partition coefficient (Wildman–Crippen LogP) is 4.29. The van der Waals surface area contributed by atoms with Crippen LogP contribution in [0, 0.1) is 17.8 Å². The molecule has 1 aliphatic rings. The van der Waals surface area contributed by atoms with Gasteiger partial charge in [-0.2, -0.15) is 0 Å². The Bertz CT molecular complexity index is 1390. The number of benzene rings is 1. The summed E-state index contributed by atoms with van der Waals surface area (Å²) in [5.41, 5.74) is 2.43. The summed E-state index contributed by atoms with van der Waals surface area (Å²) in [6.07, 6.45) is 9.38. The van der Waals surface area contributed by atoms with Gasteiger partial charge in [-0.25, -0.2) is 15.0 Å². The average molecular weight is 453 g/mol. The number of ketones is 1. The predicted molar refractivity (Wildman–Crippen MR) is 128 cm³/mol. The number of anilines is 1. The van der Waals surface area contributed by atoms with E-state index >= 15 is 0 Å². The first kappa shape index (κ1) is 21.6. The maximum Gasteiger partial charge on any atom is 0.276 e. The normalized spacial score (nSPS) is 13.5. The number of nitrogens with zero attached hydrogens (tertiary/aromatic N) is 3. The summed E-state index contributed by atoms with van der Waals surface area (Å²) in [7, 11) is 0. The van der Waals surface area contributed by atoms with Gasteiger partial charge in [-0.3, -0.25) is 14.9 Å². The molecule has 5 rings (SSSR count). The minimum atomic E-state index is -0.401. The van der Waals surface area contributed by atoms with Crippen LogP contribution in [0.15, 0.2) is 48.8 Å². The van der Waals surface area contributed by atoms with Crippen LogP contribution < -0.4 is 5.32 Å². The number of Topliss-reactive ketones (excluding diaryl/α,β-unsaturated/α-hetero) is 1. The molecule has 8 nitrogen and oxygen atoms in total. The Labute approximate surface area is 196 Å². The van der Waals surface area contributed by atoms with Crippen LogP contribution in [-0.2, 0) is 6.42 Å². The van der Waals surface area contributed by atoms with Crippen LogP contribution in [0.5, 0.6) is 0 Å². The number of hydrogen-bond donors (Lipinski definition) is 3. The number of imidazole rings is 2. The van der Waals surface area contributed by atoms with E-state index in [1.807, 2.05) is 0 Å². The third kappa shape index (κ3) is 4.89. The molecule has 1 fully saturated rings. The summed E-state index contributed by atoms with van der Waals surface area (Å²) < 4.78 is 0. The number of carbonyl (C=O) groups is 2. The molecule has 0 saturated heterocycles. The largest absolute Gasteiger partial charge is 0.348 e. The molecule has 3 aromatic heterocycles. The van der Waals surface area contributed by atoms with Crippen LogP contribution in [0.2, 0.25) is 0 Å². The van der Waals surface area contributed by atoms with Crippen molar-refractivity contribution in [3.8, 4) is 11.8 Å². The quantitative estimate of drug-likeness (QED) is 0.298. The molecular weight excluding hydrogens is 428 g/mol. The van der Waals surface area contributed by atoms with E-state index in [9.17, 15) is 9.59 Å². The molecule has 0 spiro atoms. The average Bonchev–Trinajstić information content (AvgIpc) is 3.61. The highest BCUT2D eigenvalue weighted by molar-refractivity contribution is 6.08. The molecule has 0 atom stereocenters. The number of para-hydroxylation sites is 1. The third-order valence-electron chi connectivity index (χ3n) is 5.99. The lowest BCUT2D eigenvalue weighted by Gasteiger charge is -2.02. The van der Waals surface area contributed by atoms with Crippen molar-refractivity contribution in [2.75, 3.05) is 5.32 Å². The van der Waals surface area contributed by atoms with E-state index in [4.69, 9.17) is 0 Å². The number of amides is 1. The van der Waals surface area contributed by atoms with Gasteiger partial charge in [-0.15, -0.1) is 0 Å². The fourth-order valence-electron chi connectivity index (χ4n) is 4.26. The van der Waals surface area contributed by atoms with Gasteiger partial charge in [0.15, 0.2) is 5.78 Å². The molecule has 1 saturated carbocycles. The van der Waals surface area contributed by atoms with Crippen LogP contribution in [0.4, 0.5) is 5.95 Å². The van der Waals surface area contributed by atoms with E-state index in [-0.39, 0.29) is 23.8 Å². The van der Waals surface area contributed by atoms with Gasteiger partial charge in [-0.05, 0) is 48.9 Å². The second kappa shape index (κ2) is 9.71. The smallest absolute Gasteiger partial charge is 0.276 e. The van der Waals surface area contributed by atoms with E-state index in [0.29, 0.717) is 34.0 Å². The molecular formula is C26H24N6O2. The molecule has 1 aromatic carbocycles. The number of hydrogen-bond acceptors (Lipinski definition) is 5. The fraction of sp³-hybridized carbons (Fsp3) is 0.269. The van der Waals surface area contributed by atoms with E-state index < -0.39 is 5.91 Å². The zero-order valence-electron chi connectivity index (χ0n) is 18.6. The Morgan fingerprint density at radius 1 is 1.09 bits per heavy atom. The molecule has 8 heteroatoms.